The van der Waals surface area contributed by atoms with Gasteiger partial charge < -0.3 is 0 Å². The minimum atomic E-state index is -0.226. The molecule has 0 aliphatic heterocycles. The standard InChI is InChI=1S/C13H15FN4/c1-9-6-11(14)3-2-10(9)7-13(18-15)12-4-5-16-8-17-12/h2-6,8,13,18H,7,15H2,1H3. The van der Waals surface area contributed by atoms with Gasteiger partial charge >= 0.3 is 0 Å². The van der Waals surface area contributed by atoms with Crippen molar-refractivity contribution in [2.75, 3.05) is 0 Å². The molecule has 4 nitrogen and oxygen atoms in total. The molecule has 2 rings (SSSR count). The highest BCUT2D eigenvalue weighted by Gasteiger charge is 2.13. The topological polar surface area (TPSA) is 63.8 Å². The van der Waals surface area contributed by atoms with Crippen LogP contribution in [0.3, 0.4) is 0 Å². The summed E-state index contributed by atoms with van der Waals surface area (Å²) in [6, 6.07) is 6.44. The van der Waals surface area contributed by atoms with Crippen LogP contribution in [-0.4, -0.2) is 9.97 Å². The lowest BCUT2D eigenvalue weighted by molar-refractivity contribution is 0.535. The summed E-state index contributed by atoms with van der Waals surface area (Å²) in [6.07, 6.45) is 3.81. The minimum Gasteiger partial charge on any atom is -0.271 e. The van der Waals surface area contributed by atoms with E-state index in [4.69, 9.17) is 5.84 Å². The van der Waals surface area contributed by atoms with Gasteiger partial charge in [0.05, 0.1) is 11.7 Å². The second kappa shape index (κ2) is 5.66. The summed E-state index contributed by atoms with van der Waals surface area (Å²) >= 11 is 0. The van der Waals surface area contributed by atoms with Crippen molar-refractivity contribution in [3.63, 3.8) is 0 Å². The monoisotopic (exact) mass is 246 g/mol. The van der Waals surface area contributed by atoms with Crippen molar-refractivity contribution in [3.05, 3.63) is 59.4 Å². The Labute approximate surface area is 105 Å². The lowest BCUT2D eigenvalue weighted by Crippen LogP contribution is -2.30. The average molecular weight is 246 g/mol. The van der Waals surface area contributed by atoms with Gasteiger partial charge in [0.2, 0.25) is 0 Å². The maximum Gasteiger partial charge on any atom is 0.123 e. The Hall–Kier alpha value is -1.85. The van der Waals surface area contributed by atoms with Crippen LogP contribution < -0.4 is 11.3 Å². The van der Waals surface area contributed by atoms with Crippen LogP contribution >= 0.6 is 0 Å². The average Bonchev–Trinajstić information content (AvgIpc) is 2.39. The first kappa shape index (κ1) is 12.6. The molecule has 0 bridgehead atoms. The molecular formula is C13H15FN4. The third-order valence-electron chi connectivity index (χ3n) is 2.89. The van der Waals surface area contributed by atoms with Crippen molar-refractivity contribution < 1.29 is 4.39 Å². The number of benzene rings is 1. The summed E-state index contributed by atoms with van der Waals surface area (Å²) in [7, 11) is 0. The molecule has 1 atom stereocenters. The maximum absolute atomic E-state index is 13.0. The number of hydrogen-bond donors (Lipinski definition) is 2. The number of aromatic nitrogens is 2. The van der Waals surface area contributed by atoms with E-state index in [2.05, 4.69) is 15.4 Å². The Morgan fingerprint density at radius 1 is 1.39 bits per heavy atom. The zero-order chi connectivity index (χ0) is 13.0. The molecule has 0 saturated carbocycles. The van der Waals surface area contributed by atoms with Crippen LogP contribution in [0.2, 0.25) is 0 Å². The van der Waals surface area contributed by atoms with Gasteiger partial charge in [-0.1, -0.05) is 6.07 Å². The third-order valence-corrected chi connectivity index (χ3v) is 2.89. The summed E-state index contributed by atoms with van der Waals surface area (Å²) in [5, 5.41) is 0. The molecule has 5 heteroatoms. The van der Waals surface area contributed by atoms with E-state index in [9.17, 15) is 4.39 Å². The molecule has 0 saturated heterocycles. The third kappa shape index (κ3) is 2.88. The zero-order valence-corrected chi connectivity index (χ0v) is 10.1. The van der Waals surface area contributed by atoms with Crippen LogP contribution in [-0.2, 0) is 6.42 Å². The molecule has 3 N–H and O–H groups in total. The number of rotatable bonds is 4. The van der Waals surface area contributed by atoms with E-state index >= 15 is 0 Å². The van der Waals surface area contributed by atoms with E-state index in [1.54, 1.807) is 12.3 Å². The van der Waals surface area contributed by atoms with Crippen molar-refractivity contribution in [3.8, 4) is 0 Å². The second-order valence-corrected chi connectivity index (χ2v) is 4.13. The Balaban J connectivity index is 2.21. The number of halogens is 1. The molecule has 0 aliphatic carbocycles. The molecular weight excluding hydrogens is 231 g/mol. The van der Waals surface area contributed by atoms with Crippen LogP contribution in [0.5, 0.6) is 0 Å². The SMILES string of the molecule is Cc1cc(F)ccc1CC(NN)c1ccncn1. The minimum absolute atomic E-state index is 0.114. The van der Waals surface area contributed by atoms with Gasteiger partial charge in [0.1, 0.15) is 12.1 Å². The molecule has 18 heavy (non-hydrogen) atoms. The lowest BCUT2D eigenvalue weighted by atomic mass is 9.99. The molecule has 2 aromatic rings. The van der Waals surface area contributed by atoms with Gasteiger partial charge in [0.25, 0.3) is 0 Å². The first-order valence-electron chi connectivity index (χ1n) is 5.68. The van der Waals surface area contributed by atoms with Crippen molar-refractivity contribution in [1.82, 2.24) is 15.4 Å². The summed E-state index contributed by atoms with van der Waals surface area (Å²) in [5.74, 6) is 5.32. The summed E-state index contributed by atoms with van der Waals surface area (Å²) < 4.78 is 13.0. The van der Waals surface area contributed by atoms with Crippen molar-refractivity contribution in [1.29, 1.82) is 0 Å². The van der Waals surface area contributed by atoms with E-state index in [1.165, 1.54) is 18.5 Å². The van der Waals surface area contributed by atoms with Gasteiger partial charge in [-0.05, 0) is 42.7 Å². The van der Waals surface area contributed by atoms with Crippen LogP contribution in [0.15, 0.2) is 36.8 Å². The number of hydrazine groups is 1. The molecule has 1 aromatic carbocycles. The summed E-state index contributed by atoms with van der Waals surface area (Å²) in [6.45, 7) is 1.88. The molecule has 1 unspecified atom stereocenters. The van der Waals surface area contributed by atoms with Gasteiger partial charge in [0, 0.05) is 6.20 Å². The summed E-state index contributed by atoms with van der Waals surface area (Å²) in [5.41, 5.74) is 5.49. The van der Waals surface area contributed by atoms with Gasteiger partial charge in [-0.25, -0.2) is 14.4 Å². The Kier molecular flexibility index (Phi) is 3.96. The number of nitrogens with zero attached hydrogens (tertiary/aromatic N) is 2. The highest BCUT2D eigenvalue weighted by atomic mass is 19.1. The van der Waals surface area contributed by atoms with Crippen molar-refractivity contribution >= 4 is 0 Å². The fraction of sp³-hybridized carbons (Fsp3) is 0.231. The van der Waals surface area contributed by atoms with Gasteiger partial charge in [-0.3, -0.25) is 11.3 Å². The Morgan fingerprint density at radius 3 is 2.83 bits per heavy atom. The number of hydrogen-bond acceptors (Lipinski definition) is 4. The van der Waals surface area contributed by atoms with Crippen LogP contribution in [0.4, 0.5) is 4.39 Å². The zero-order valence-electron chi connectivity index (χ0n) is 10.1. The first-order chi connectivity index (χ1) is 8.70. The van der Waals surface area contributed by atoms with Crippen LogP contribution in [0.25, 0.3) is 0 Å². The highest BCUT2D eigenvalue weighted by molar-refractivity contribution is 5.28. The largest absolute Gasteiger partial charge is 0.271 e. The molecule has 0 aliphatic rings. The normalized spacial score (nSPS) is 12.4. The molecule has 0 fully saturated rings. The van der Waals surface area contributed by atoms with Crippen LogP contribution in [0, 0.1) is 12.7 Å². The quantitative estimate of drug-likeness (QED) is 0.636. The molecule has 1 heterocycles. The van der Waals surface area contributed by atoms with Crippen molar-refractivity contribution in [2.24, 2.45) is 5.84 Å². The van der Waals surface area contributed by atoms with E-state index in [0.717, 1.165) is 16.8 Å². The molecule has 94 valence electrons. The number of aryl methyl sites for hydroxylation is 1. The van der Waals surface area contributed by atoms with Crippen LogP contribution in [0.1, 0.15) is 22.9 Å². The van der Waals surface area contributed by atoms with Crippen molar-refractivity contribution in [2.45, 2.75) is 19.4 Å². The first-order valence-corrected chi connectivity index (χ1v) is 5.68. The van der Waals surface area contributed by atoms with E-state index in [-0.39, 0.29) is 11.9 Å². The smallest absolute Gasteiger partial charge is 0.123 e. The molecule has 0 radical (unpaired) electrons. The lowest BCUT2D eigenvalue weighted by Gasteiger charge is -2.16. The summed E-state index contributed by atoms with van der Waals surface area (Å²) in [4.78, 5) is 8.03. The predicted molar refractivity (Wildman–Crippen MR) is 66.9 cm³/mol. The number of nitrogens with one attached hydrogen (secondary N) is 1. The maximum atomic E-state index is 13.0. The fourth-order valence-electron chi connectivity index (χ4n) is 1.86. The Bertz CT molecular complexity index is 516. The molecule has 0 amide bonds. The Morgan fingerprint density at radius 2 is 2.22 bits per heavy atom. The molecule has 1 aromatic heterocycles. The van der Waals surface area contributed by atoms with Gasteiger partial charge in [-0.15, -0.1) is 0 Å². The highest BCUT2D eigenvalue weighted by Crippen LogP contribution is 2.18. The predicted octanol–water partition coefficient (Wildman–Crippen LogP) is 1.67. The van der Waals surface area contributed by atoms with E-state index in [0.29, 0.717) is 6.42 Å². The number of nitrogens with two attached hydrogens (primary N) is 1. The van der Waals surface area contributed by atoms with Gasteiger partial charge in [-0.2, -0.15) is 0 Å². The fourth-order valence-corrected chi connectivity index (χ4v) is 1.86. The van der Waals surface area contributed by atoms with E-state index < -0.39 is 0 Å². The molecule has 0 spiro atoms. The second-order valence-electron chi connectivity index (χ2n) is 4.13. The van der Waals surface area contributed by atoms with Gasteiger partial charge in [0.15, 0.2) is 0 Å². The van der Waals surface area contributed by atoms with E-state index in [1.807, 2.05) is 13.0 Å².